The Morgan fingerprint density at radius 2 is 0.682 bits per heavy atom. The van der Waals surface area contributed by atoms with Crippen LogP contribution in [-0.4, -0.2) is 0 Å². The molecular weight excluding hydrogens is 532 g/mol. The van der Waals surface area contributed by atoms with Gasteiger partial charge in [0.1, 0.15) is 0 Å². The number of hydrogen-bond donors (Lipinski definition) is 0. The van der Waals surface area contributed by atoms with Gasteiger partial charge in [-0.15, -0.1) is 0 Å². The maximum absolute atomic E-state index is 2.32. The molecule has 0 bridgehead atoms. The van der Waals surface area contributed by atoms with Crippen molar-refractivity contribution in [2.75, 3.05) is 9.80 Å². The Balaban J connectivity index is 0.00000123. The second-order valence-electron chi connectivity index (χ2n) is 11.3. The summed E-state index contributed by atoms with van der Waals surface area (Å²) < 4.78 is 0. The molecular formula is C42H42N2. The average molecular weight is 575 g/mol. The standard InChI is InChI=1S/C39H34N2.C3H8/c1-29-15-21-35(22-16-29)41(39-14-8-10-31(3)28-39)37-25-19-33(20-26-37)32-17-23-36(24-18-32)40(34-11-5-4-6-12-34)38-13-7-9-30(2)27-38;1-3-2/h4-28H,1-3H3;3H2,1-2H3. The number of benzene rings is 6. The van der Waals surface area contributed by atoms with E-state index in [4.69, 9.17) is 0 Å². The van der Waals surface area contributed by atoms with Gasteiger partial charge < -0.3 is 9.80 Å². The molecule has 0 amide bonds. The molecule has 6 rings (SSSR count). The average Bonchev–Trinajstić information content (AvgIpc) is 3.04. The minimum atomic E-state index is 1.13. The molecule has 6 aromatic rings. The van der Waals surface area contributed by atoms with Crippen molar-refractivity contribution < 1.29 is 0 Å². The monoisotopic (exact) mass is 574 g/mol. The summed E-state index contributed by atoms with van der Waals surface area (Å²) in [5.41, 5.74) is 13.0. The Labute approximate surface area is 263 Å². The van der Waals surface area contributed by atoms with Crippen LogP contribution in [0.25, 0.3) is 11.1 Å². The van der Waals surface area contributed by atoms with Crippen LogP contribution in [0.5, 0.6) is 0 Å². The lowest BCUT2D eigenvalue weighted by Crippen LogP contribution is -2.10. The summed E-state index contributed by atoms with van der Waals surface area (Å²) in [6.45, 7) is 10.7. The quantitative estimate of drug-likeness (QED) is 0.187. The van der Waals surface area contributed by atoms with Gasteiger partial charge in [0, 0.05) is 34.1 Å². The second-order valence-corrected chi connectivity index (χ2v) is 11.3. The Kier molecular flexibility index (Phi) is 9.94. The Hall–Kier alpha value is -5.08. The van der Waals surface area contributed by atoms with E-state index in [1.807, 2.05) is 0 Å². The zero-order chi connectivity index (χ0) is 30.9. The fourth-order valence-corrected chi connectivity index (χ4v) is 5.31. The van der Waals surface area contributed by atoms with E-state index in [0.717, 1.165) is 34.1 Å². The lowest BCUT2D eigenvalue weighted by atomic mass is 10.0. The summed E-state index contributed by atoms with van der Waals surface area (Å²) in [6, 6.07) is 54.3. The molecule has 2 nitrogen and oxygen atoms in total. The van der Waals surface area contributed by atoms with Crippen molar-refractivity contribution in [1.29, 1.82) is 0 Å². The zero-order valence-electron chi connectivity index (χ0n) is 26.5. The molecule has 44 heavy (non-hydrogen) atoms. The van der Waals surface area contributed by atoms with E-state index in [-0.39, 0.29) is 0 Å². The van der Waals surface area contributed by atoms with Crippen molar-refractivity contribution in [1.82, 2.24) is 0 Å². The van der Waals surface area contributed by atoms with Crippen LogP contribution in [0.1, 0.15) is 37.0 Å². The third kappa shape index (κ3) is 7.27. The van der Waals surface area contributed by atoms with Crippen LogP contribution >= 0.6 is 0 Å². The molecule has 0 atom stereocenters. The maximum atomic E-state index is 2.32. The predicted octanol–water partition coefficient (Wildman–Crippen LogP) is 12.6. The molecule has 0 radical (unpaired) electrons. The third-order valence-corrected chi connectivity index (χ3v) is 7.41. The van der Waals surface area contributed by atoms with E-state index in [1.165, 1.54) is 34.2 Å². The fourth-order valence-electron chi connectivity index (χ4n) is 5.31. The van der Waals surface area contributed by atoms with Gasteiger partial charge >= 0.3 is 0 Å². The largest absolute Gasteiger partial charge is 0.310 e. The van der Waals surface area contributed by atoms with Gasteiger partial charge in [-0.2, -0.15) is 0 Å². The van der Waals surface area contributed by atoms with Gasteiger partial charge in [0.15, 0.2) is 0 Å². The molecule has 0 unspecified atom stereocenters. The van der Waals surface area contributed by atoms with E-state index in [1.54, 1.807) is 0 Å². The topological polar surface area (TPSA) is 6.48 Å². The first-order valence-electron chi connectivity index (χ1n) is 15.5. The summed E-state index contributed by atoms with van der Waals surface area (Å²) in [5.74, 6) is 0. The number of nitrogens with zero attached hydrogens (tertiary/aromatic N) is 2. The highest BCUT2D eigenvalue weighted by atomic mass is 15.1. The summed E-state index contributed by atoms with van der Waals surface area (Å²) in [5, 5.41) is 0. The number of rotatable bonds is 7. The number of anilines is 6. The Morgan fingerprint density at radius 3 is 1.07 bits per heavy atom. The molecule has 0 aliphatic rings. The molecule has 0 aromatic heterocycles. The number of aryl methyl sites for hydroxylation is 3. The minimum absolute atomic E-state index is 1.13. The van der Waals surface area contributed by atoms with Crippen LogP contribution in [0.4, 0.5) is 34.1 Å². The van der Waals surface area contributed by atoms with Crippen LogP contribution in [-0.2, 0) is 0 Å². The van der Waals surface area contributed by atoms with Crippen LogP contribution in [0.15, 0.2) is 152 Å². The fraction of sp³-hybridized carbons (Fsp3) is 0.143. The summed E-state index contributed by atoms with van der Waals surface area (Å²) in [6.07, 6.45) is 1.25. The molecule has 0 spiro atoms. The first-order valence-corrected chi connectivity index (χ1v) is 15.5. The van der Waals surface area contributed by atoms with Gasteiger partial charge in [-0.05, 0) is 116 Å². The molecule has 2 heteroatoms. The van der Waals surface area contributed by atoms with Gasteiger partial charge in [-0.1, -0.05) is 105 Å². The van der Waals surface area contributed by atoms with Crippen molar-refractivity contribution in [3.8, 4) is 11.1 Å². The molecule has 6 aromatic carbocycles. The van der Waals surface area contributed by atoms with E-state index in [2.05, 4.69) is 196 Å². The molecule has 0 N–H and O–H groups in total. The summed E-state index contributed by atoms with van der Waals surface area (Å²) in [4.78, 5) is 4.63. The third-order valence-electron chi connectivity index (χ3n) is 7.41. The highest BCUT2D eigenvalue weighted by molar-refractivity contribution is 5.81. The highest BCUT2D eigenvalue weighted by Gasteiger charge is 2.14. The first-order chi connectivity index (χ1) is 21.5. The van der Waals surface area contributed by atoms with Crippen molar-refractivity contribution in [3.05, 3.63) is 168 Å². The predicted molar refractivity (Wildman–Crippen MR) is 191 cm³/mol. The smallest absolute Gasteiger partial charge is 0.0464 e. The van der Waals surface area contributed by atoms with Crippen molar-refractivity contribution in [2.45, 2.75) is 41.0 Å². The number of hydrogen-bond acceptors (Lipinski definition) is 2. The summed E-state index contributed by atoms with van der Waals surface area (Å²) in [7, 11) is 0. The van der Waals surface area contributed by atoms with Crippen molar-refractivity contribution in [2.24, 2.45) is 0 Å². The van der Waals surface area contributed by atoms with Crippen molar-refractivity contribution in [3.63, 3.8) is 0 Å². The van der Waals surface area contributed by atoms with Crippen LogP contribution in [0.3, 0.4) is 0 Å². The molecule has 0 heterocycles. The van der Waals surface area contributed by atoms with Gasteiger partial charge in [-0.25, -0.2) is 0 Å². The lowest BCUT2D eigenvalue weighted by Gasteiger charge is -2.26. The first kappa shape index (κ1) is 30.4. The molecule has 220 valence electrons. The molecule has 0 saturated heterocycles. The van der Waals surface area contributed by atoms with Gasteiger partial charge in [-0.3, -0.25) is 0 Å². The Bertz CT molecular complexity index is 1750. The number of para-hydroxylation sites is 1. The van der Waals surface area contributed by atoms with E-state index < -0.39 is 0 Å². The lowest BCUT2D eigenvalue weighted by molar-refractivity contribution is 1.09. The van der Waals surface area contributed by atoms with Crippen LogP contribution < -0.4 is 9.80 Å². The normalized spacial score (nSPS) is 10.5. The van der Waals surface area contributed by atoms with Gasteiger partial charge in [0.05, 0.1) is 0 Å². The molecule has 0 fully saturated rings. The summed E-state index contributed by atoms with van der Waals surface area (Å²) >= 11 is 0. The molecule has 0 aliphatic carbocycles. The van der Waals surface area contributed by atoms with Crippen molar-refractivity contribution >= 4 is 34.1 Å². The molecule has 0 saturated carbocycles. The van der Waals surface area contributed by atoms with Gasteiger partial charge in [0.2, 0.25) is 0 Å². The van der Waals surface area contributed by atoms with E-state index >= 15 is 0 Å². The van der Waals surface area contributed by atoms with E-state index in [0.29, 0.717) is 0 Å². The minimum Gasteiger partial charge on any atom is -0.310 e. The van der Waals surface area contributed by atoms with E-state index in [9.17, 15) is 0 Å². The zero-order valence-corrected chi connectivity index (χ0v) is 26.5. The maximum Gasteiger partial charge on any atom is 0.0464 e. The highest BCUT2D eigenvalue weighted by Crippen LogP contribution is 2.38. The van der Waals surface area contributed by atoms with Gasteiger partial charge in [0.25, 0.3) is 0 Å². The second kappa shape index (κ2) is 14.4. The van der Waals surface area contributed by atoms with Crippen LogP contribution in [0, 0.1) is 20.8 Å². The Morgan fingerprint density at radius 1 is 0.341 bits per heavy atom. The SMILES string of the molecule is CCC.Cc1ccc(N(c2ccc(-c3ccc(N(c4ccccc4)c4cccc(C)c4)cc3)cc2)c2cccc(C)c2)cc1. The van der Waals surface area contributed by atoms with Crippen LogP contribution in [0.2, 0.25) is 0 Å². The molecule has 0 aliphatic heterocycles.